The topological polar surface area (TPSA) is 64.1 Å². The largest absolute Gasteiger partial charge is 0.417 e. The normalized spacial score (nSPS) is 16.2. The van der Waals surface area contributed by atoms with Gasteiger partial charge in [-0.3, -0.25) is 14.3 Å². The molecule has 1 atom stereocenters. The maximum atomic E-state index is 13.9. The number of benzene rings is 2. The molecule has 30 heavy (non-hydrogen) atoms. The van der Waals surface area contributed by atoms with Crippen molar-refractivity contribution in [2.75, 3.05) is 12.9 Å². The zero-order valence-corrected chi connectivity index (χ0v) is 17.3. The average molecular weight is 460 g/mol. The smallest absolute Gasteiger partial charge is 0.379 e. The second-order valence-corrected chi connectivity index (χ2v) is 7.60. The van der Waals surface area contributed by atoms with Crippen LogP contribution in [0.15, 0.2) is 44.8 Å². The Bertz CT molecular complexity index is 1220. The summed E-state index contributed by atoms with van der Waals surface area (Å²) in [6.07, 6.45) is -5.22. The number of rotatable bonds is 2. The lowest BCUT2D eigenvalue weighted by molar-refractivity contribution is -0.137. The Labute approximate surface area is 178 Å². The van der Waals surface area contributed by atoms with E-state index < -0.39 is 34.9 Å². The number of aromatic nitrogens is 2. The lowest BCUT2D eigenvalue weighted by Crippen LogP contribution is -2.34. The van der Waals surface area contributed by atoms with Crippen molar-refractivity contribution in [2.24, 2.45) is 0 Å². The van der Waals surface area contributed by atoms with Crippen LogP contribution in [0.25, 0.3) is 22.0 Å². The van der Waals surface area contributed by atoms with Crippen LogP contribution in [0.4, 0.5) is 17.6 Å². The van der Waals surface area contributed by atoms with Crippen molar-refractivity contribution in [1.82, 2.24) is 9.55 Å². The third-order valence-corrected chi connectivity index (χ3v) is 6.03. The van der Waals surface area contributed by atoms with Gasteiger partial charge in [-0.25, -0.2) is 9.18 Å². The number of hydrogen-bond acceptors (Lipinski definition) is 4. The number of thioether (sulfide) groups is 1. The lowest BCUT2D eigenvalue weighted by Gasteiger charge is -2.19. The Kier molecular flexibility index (Phi) is 6.08. The number of hydrogen-bond donors (Lipinski definition) is 1. The highest BCUT2D eigenvalue weighted by atomic mass is 32.2. The van der Waals surface area contributed by atoms with Gasteiger partial charge in [0.15, 0.2) is 0 Å². The summed E-state index contributed by atoms with van der Waals surface area (Å²) in [6, 6.07) is 5.38. The van der Waals surface area contributed by atoms with Crippen LogP contribution in [0.3, 0.4) is 0 Å². The first kappa shape index (κ1) is 22.4. The summed E-state index contributed by atoms with van der Waals surface area (Å²) >= 11 is 1.08. The molecule has 0 fully saturated rings. The van der Waals surface area contributed by atoms with E-state index in [-0.39, 0.29) is 52.7 Å². The number of aromatic amines is 1. The van der Waals surface area contributed by atoms with Crippen LogP contribution in [0.2, 0.25) is 0 Å². The van der Waals surface area contributed by atoms with Crippen molar-refractivity contribution in [3.63, 3.8) is 0 Å². The van der Waals surface area contributed by atoms with Crippen LogP contribution in [0.5, 0.6) is 0 Å². The molecule has 11 heteroatoms. The SMILES string of the molecule is CO[C@@H]1CSc2c(-c3ccc(F)cc3)c(C(F)(F)F)cc3c(=O)[nH]c(=O)n(c23)C1.S. The van der Waals surface area contributed by atoms with Crippen molar-refractivity contribution in [3.8, 4) is 11.1 Å². The predicted octanol–water partition coefficient (Wildman–Crippen LogP) is 3.75. The Balaban J connectivity index is 0.00000256. The third-order valence-electron chi connectivity index (χ3n) is 4.81. The van der Waals surface area contributed by atoms with Crippen LogP contribution in [-0.2, 0) is 17.5 Å². The average Bonchev–Trinajstić information content (AvgIpc) is 2.86. The number of H-pyrrole nitrogens is 1. The summed E-state index contributed by atoms with van der Waals surface area (Å²) in [6.45, 7) is 0.0802. The molecule has 0 bridgehead atoms. The van der Waals surface area contributed by atoms with Gasteiger partial charge in [-0.1, -0.05) is 12.1 Å². The zero-order valence-electron chi connectivity index (χ0n) is 15.5. The van der Waals surface area contributed by atoms with Crippen molar-refractivity contribution >= 4 is 36.2 Å². The van der Waals surface area contributed by atoms with Crippen molar-refractivity contribution < 1.29 is 22.3 Å². The fourth-order valence-corrected chi connectivity index (χ4v) is 4.76. The highest BCUT2D eigenvalue weighted by Gasteiger charge is 2.37. The quantitative estimate of drug-likeness (QED) is 0.592. The third kappa shape index (κ3) is 3.77. The van der Waals surface area contributed by atoms with Gasteiger partial charge in [0.05, 0.1) is 29.1 Å². The van der Waals surface area contributed by atoms with Crippen LogP contribution in [0, 0.1) is 5.82 Å². The molecule has 1 aromatic heterocycles. The first-order chi connectivity index (χ1) is 13.7. The molecule has 1 N–H and O–H groups in total. The van der Waals surface area contributed by atoms with E-state index in [0.717, 1.165) is 30.0 Å². The van der Waals surface area contributed by atoms with Crippen LogP contribution >= 0.6 is 25.3 Å². The maximum Gasteiger partial charge on any atom is 0.417 e. The van der Waals surface area contributed by atoms with Gasteiger partial charge < -0.3 is 4.74 Å². The summed E-state index contributed by atoms with van der Waals surface area (Å²) in [5.74, 6) is -0.314. The van der Waals surface area contributed by atoms with E-state index in [0.29, 0.717) is 0 Å². The monoisotopic (exact) mass is 460 g/mol. The van der Waals surface area contributed by atoms with Gasteiger partial charge in [-0.15, -0.1) is 11.8 Å². The highest BCUT2D eigenvalue weighted by Crippen LogP contribution is 2.46. The predicted molar refractivity (Wildman–Crippen MR) is 111 cm³/mol. The van der Waals surface area contributed by atoms with Crippen molar-refractivity contribution in [2.45, 2.75) is 23.7 Å². The molecule has 2 aromatic carbocycles. The minimum atomic E-state index is -4.77. The van der Waals surface area contributed by atoms with Crippen molar-refractivity contribution in [3.05, 3.63) is 62.6 Å². The number of alkyl halides is 3. The molecule has 0 amide bonds. The van der Waals surface area contributed by atoms with E-state index >= 15 is 0 Å². The maximum absolute atomic E-state index is 13.9. The summed E-state index contributed by atoms with van der Waals surface area (Å²) < 4.78 is 61.8. The molecule has 5 nitrogen and oxygen atoms in total. The Hall–Kier alpha value is -2.24. The Morgan fingerprint density at radius 1 is 1.20 bits per heavy atom. The number of ether oxygens (including phenoxy) is 1. The van der Waals surface area contributed by atoms with Gasteiger partial charge in [0, 0.05) is 23.3 Å². The molecule has 0 saturated heterocycles. The minimum absolute atomic E-state index is 0. The molecule has 3 aromatic rings. The molecule has 1 aliphatic heterocycles. The van der Waals surface area contributed by atoms with Gasteiger partial charge >= 0.3 is 11.9 Å². The standard InChI is InChI=1S/C19H14F4N2O3S.H2S/c1-28-11-7-25-15-12(17(26)24-18(25)27)6-13(19(21,22)23)14(16(15)29-8-11)9-2-4-10(20)5-3-9;/h2-6,11H,7-8H2,1H3,(H,24,26,27);1H2/t11-;/m0./s1. The summed E-state index contributed by atoms with van der Waals surface area (Å²) in [5.41, 5.74) is -2.57. The first-order valence-electron chi connectivity index (χ1n) is 8.53. The van der Waals surface area contributed by atoms with Gasteiger partial charge in [0.1, 0.15) is 5.82 Å². The number of nitrogens with zero attached hydrogens (tertiary/aromatic N) is 1. The lowest BCUT2D eigenvalue weighted by atomic mass is 9.96. The second kappa shape index (κ2) is 8.12. The Morgan fingerprint density at radius 2 is 1.87 bits per heavy atom. The first-order valence-corrected chi connectivity index (χ1v) is 9.52. The van der Waals surface area contributed by atoms with Crippen LogP contribution in [0.1, 0.15) is 5.56 Å². The molecule has 0 saturated carbocycles. The van der Waals surface area contributed by atoms with E-state index in [4.69, 9.17) is 4.74 Å². The van der Waals surface area contributed by atoms with Gasteiger partial charge in [-0.2, -0.15) is 26.7 Å². The molecule has 1 aliphatic rings. The minimum Gasteiger partial charge on any atom is -0.379 e. The molecule has 0 aliphatic carbocycles. The molecule has 0 radical (unpaired) electrons. The number of methoxy groups -OCH3 is 1. The van der Waals surface area contributed by atoms with Crippen LogP contribution in [-0.4, -0.2) is 28.5 Å². The van der Waals surface area contributed by atoms with E-state index in [1.807, 2.05) is 0 Å². The number of nitrogens with one attached hydrogen (secondary N) is 1. The summed E-state index contributed by atoms with van der Waals surface area (Å²) in [4.78, 5) is 27.0. The van der Waals surface area contributed by atoms with Gasteiger partial charge in [0.25, 0.3) is 5.56 Å². The molecule has 160 valence electrons. The summed E-state index contributed by atoms with van der Waals surface area (Å²) in [7, 11) is 1.44. The van der Waals surface area contributed by atoms with Crippen LogP contribution < -0.4 is 11.2 Å². The van der Waals surface area contributed by atoms with Crippen molar-refractivity contribution in [1.29, 1.82) is 0 Å². The molecule has 0 spiro atoms. The second-order valence-electron chi connectivity index (χ2n) is 6.57. The van der Waals surface area contributed by atoms with E-state index in [2.05, 4.69) is 4.98 Å². The fourth-order valence-electron chi connectivity index (χ4n) is 3.44. The number of halogens is 4. The fraction of sp³-hybridized carbons (Fsp3) is 0.263. The molecular formula is C19H16F4N2O3S2. The molecular weight excluding hydrogens is 444 g/mol. The van der Waals surface area contributed by atoms with E-state index in [1.54, 1.807) is 0 Å². The van der Waals surface area contributed by atoms with Gasteiger partial charge in [-0.05, 0) is 23.8 Å². The molecule has 0 unspecified atom stereocenters. The molecule has 2 heterocycles. The van der Waals surface area contributed by atoms with E-state index in [9.17, 15) is 27.2 Å². The summed E-state index contributed by atoms with van der Waals surface area (Å²) in [5, 5.41) is -0.234. The molecule has 4 rings (SSSR count). The van der Waals surface area contributed by atoms with E-state index in [1.165, 1.54) is 23.8 Å². The Morgan fingerprint density at radius 3 is 2.47 bits per heavy atom. The van der Waals surface area contributed by atoms with Gasteiger partial charge in [0.2, 0.25) is 0 Å². The highest BCUT2D eigenvalue weighted by molar-refractivity contribution is 7.99. The zero-order chi connectivity index (χ0) is 20.9.